The van der Waals surface area contributed by atoms with Crippen molar-refractivity contribution >= 4 is 11.6 Å². The van der Waals surface area contributed by atoms with Gasteiger partial charge in [0.15, 0.2) is 5.60 Å². The summed E-state index contributed by atoms with van der Waals surface area (Å²) in [6.45, 7) is 5.54. The number of hydrogen-bond acceptors (Lipinski definition) is 4. The Morgan fingerprint density at radius 2 is 1.90 bits per heavy atom. The Morgan fingerprint density at radius 3 is 2.66 bits per heavy atom. The van der Waals surface area contributed by atoms with E-state index in [9.17, 15) is 4.79 Å². The van der Waals surface area contributed by atoms with Gasteiger partial charge in [0.25, 0.3) is 5.91 Å². The molecule has 1 N–H and O–H groups in total. The minimum atomic E-state index is -0.325. The lowest BCUT2D eigenvalue weighted by Gasteiger charge is -2.21. The van der Waals surface area contributed by atoms with E-state index >= 15 is 0 Å². The van der Waals surface area contributed by atoms with Crippen molar-refractivity contribution in [3.8, 4) is 0 Å². The van der Waals surface area contributed by atoms with Crippen molar-refractivity contribution in [2.24, 2.45) is 5.16 Å². The number of carbonyl (C=O) groups is 1. The lowest BCUT2D eigenvalue weighted by molar-refractivity contribution is -0.115. The van der Waals surface area contributed by atoms with E-state index in [-0.39, 0.29) is 17.4 Å². The molecule has 0 unspecified atom stereocenters. The number of rotatable bonds is 7. The lowest BCUT2D eigenvalue weighted by atomic mass is 9.96. The maximum Gasteiger partial charge on any atom is 0.269 e. The first-order chi connectivity index (χ1) is 14.1. The second kappa shape index (κ2) is 8.78. The molecule has 2 atom stereocenters. The van der Waals surface area contributed by atoms with E-state index < -0.39 is 0 Å². The summed E-state index contributed by atoms with van der Waals surface area (Å²) in [4.78, 5) is 20.8. The normalized spacial score (nSPS) is 22.3. The molecule has 5 heteroatoms. The molecule has 0 aromatic heterocycles. The Kier molecular flexibility index (Phi) is 5.95. The Labute approximate surface area is 172 Å². The third-order valence-corrected chi connectivity index (χ3v) is 5.99. The fourth-order valence-electron chi connectivity index (χ4n) is 4.16. The van der Waals surface area contributed by atoms with E-state index in [4.69, 9.17) is 4.84 Å². The molecule has 0 bridgehead atoms. The van der Waals surface area contributed by atoms with Crippen LogP contribution in [-0.4, -0.2) is 48.3 Å². The summed E-state index contributed by atoms with van der Waals surface area (Å²) in [6.07, 6.45) is 2.55. The molecule has 1 fully saturated rings. The van der Waals surface area contributed by atoms with E-state index in [1.54, 1.807) is 0 Å². The maximum absolute atomic E-state index is 12.6. The first kappa shape index (κ1) is 19.6. The maximum atomic E-state index is 12.6. The minimum Gasteiger partial charge on any atom is -0.387 e. The van der Waals surface area contributed by atoms with Gasteiger partial charge in [0.1, 0.15) is 5.71 Å². The number of carbonyl (C=O) groups excluding carboxylic acids is 1. The van der Waals surface area contributed by atoms with Gasteiger partial charge >= 0.3 is 0 Å². The molecule has 5 nitrogen and oxygen atoms in total. The van der Waals surface area contributed by atoms with Gasteiger partial charge in [0.05, 0.1) is 0 Å². The zero-order valence-corrected chi connectivity index (χ0v) is 17.0. The Balaban J connectivity index is 1.23. The number of benzene rings is 2. The van der Waals surface area contributed by atoms with Gasteiger partial charge in [-0.2, -0.15) is 0 Å². The molecule has 2 aromatic carbocycles. The van der Waals surface area contributed by atoms with Crippen molar-refractivity contribution in [1.82, 2.24) is 10.2 Å². The van der Waals surface area contributed by atoms with Crippen LogP contribution < -0.4 is 5.32 Å². The summed E-state index contributed by atoms with van der Waals surface area (Å²) >= 11 is 0. The third kappa shape index (κ3) is 4.85. The molecule has 4 rings (SSSR count). The Morgan fingerprint density at radius 1 is 1.17 bits per heavy atom. The highest BCUT2D eigenvalue weighted by Gasteiger charge is 2.46. The third-order valence-electron chi connectivity index (χ3n) is 5.99. The van der Waals surface area contributed by atoms with Crippen LogP contribution in [0.1, 0.15) is 36.8 Å². The van der Waals surface area contributed by atoms with Gasteiger partial charge in [-0.05, 0) is 23.5 Å². The van der Waals surface area contributed by atoms with Gasteiger partial charge in [0, 0.05) is 39.0 Å². The quantitative estimate of drug-likeness (QED) is 0.787. The Hall–Kier alpha value is -2.66. The fraction of sp³-hybridized carbons (Fsp3) is 0.417. The van der Waals surface area contributed by atoms with Crippen molar-refractivity contribution in [3.63, 3.8) is 0 Å². The molecule has 2 aliphatic rings. The fourth-order valence-corrected chi connectivity index (χ4v) is 4.16. The number of amides is 1. The summed E-state index contributed by atoms with van der Waals surface area (Å²) < 4.78 is 0. The first-order valence-electron chi connectivity index (χ1n) is 10.5. The predicted molar refractivity (Wildman–Crippen MR) is 115 cm³/mol. The zero-order chi connectivity index (χ0) is 20.1. The average Bonchev–Trinajstić information content (AvgIpc) is 3.38. The number of likely N-dealkylation sites (tertiary alicyclic amines) is 1. The molecule has 0 saturated carbocycles. The van der Waals surface area contributed by atoms with Crippen LogP contribution in [0.25, 0.3) is 0 Å². The number of nitrogens with zero attached hydrogens (tertiary/aromatic N) is 2. The van der Waals surface area contributed by atoms with Gasteiger partial charge < -0.3 is 10.2 Å². The molecule has 2 aliphatic heterocycles. The smallest absolute Gasteiger partial charge is 0.269 e. The summed E-state index contributed by atoms with van der Waals surface area (Å²) in [5, 5.41) is 7.18. The van der Waals surface area contributed by atoms with Crippen molar-refractivity contribution in [1.29, 1.82) is 0 Å². The molecule has 152 valence electrons. The van der Waals surface area contributed by atoms with Crippen LogP contribution in [-0.2, 0) is 16.1 Å². The van der Waals surface area contributed by atoms with E-state index in [1.807, 2.05) is 24.3 Å². The number of hydrogen-bond donors (Lipinski definition) is 1. The molecule has 1 amide bonds. The van der Waals surface area contributed by atoms with Crippen LogP contribution in [0.3, 0.4) is 0 Å². The molecule has 1 saturated heterocycles. The highest BCUT2D eigenvalue weighted by molar-refractivity contribution is 6.39. The molecular formula is C24H29N3O2. The molecule has 1 spiro atoms. The topological polar surface area (TPSA) is 53.9 Å². The van der Waals surface area contributed by atoms with Crippen LogP contribution in [0.5, 0.6) is 0 Å². The second-order valence-electron chi connectivity index (χ2n) is 8.27. The standard InChI is InChI=1S/C24H29N3O2/c1-19(21-10-6-3-7-11-21)17-25-23(28)22-16-24(29-26-22)13-15-27(18-24)14-12-20-8-4-2-5-9-20/h2-11,19H,12-18H2,1H3,(H,25,28)/t19-,24+/m1/s1. The highest BCUT2D eigenvalue weighted by Crippen LogP contribution is 2.34. The van der Waals surface area contributed by atoms with Gasteiger partial charge in [-0.25, -0.2) is 0 Å². The summed E-state index contributed by atoms with van der Waals surface area (Å²) in [7, 11) is 0. The van der Waals surface area contributed by atoms with Crippen molar-refractivity contribution in [2.45, 2.75) is 37.7 Å². The average molecular weight is 392 g/mol. The van der Waals surface area contributed by atoms with E-state index in [2.05, 4.69) is 58.7 Å². The molecule has 29 heavy (non-hydrogen) atoms. The largest absolute Gasteiger partial charge is 0.387 e. The minimum absolute atomic E-state index is 0.104. The van der Waals surface area contributed by atoms with Crippen LogP contribution in [0, 0.1) is 0 Å². The second-order valence-corrected chi connectivity index (χ2v) is 8.27. The molecule has 0 radical (unpaired) electrons. The summed E-state index contributed by atoms with van der Waals surface area (Å²) in [6, 6.07) is 20.8. The molecule has 2 aromatic rings. The van der Waals surface area contributed by atoms with Crippen molar-refractivity contribution < 1.29 is 9.63 Å². The monoisotopic (exact) mass is 391 g/mol. The van der Waals surface area contributed by atoms with Crippen LogP contribution in [0.4, 0.5) is 0 Å². The van der Waals surface area contributed by atoms with Crippen LogP contribution >= 0.6 is 0 Å². The molecule has 0 aliphatic carbocycles. The van der Waals surface area contributed by atoms with Gasteiger partial charge in [0.2, 0.25) is 0 Å². The summed E-state index contributed by atoms with van der Waals surface area (Å²) in [5.74, 6) is 0.157. The first-order valence-corrected chi connectivity index (χ1v) is 10.5. The molecule has 2 heterocycles. The van der Waals surface area contributed by atoms with Gasteiger partial charge in [-0.15, -0.1) is 0 Å². The van der Waals surface area contributed by atoms with Crippen molar-refractivity contribution in [2.75, 3.05) is 26.2 Å². The van der Waals surface area contributed by atoms with Crippen LogP contribution in [0.15, 0.2) is 65.8 Å². The molecular weight excluding hydrogens is 362 g/mol. The lowest BCUT2D eigenvalue weighted by Crippen LogP contribution is -2.38. The SMILES string of the molecule is C[C@H](CNC(=O)C1=NO[C@@]2(CCN(CCc3ccccc3)C2)C1)c1ccccc1. The van der Waals surface area contributed by atoms with E-state index in [0.717, 1.165) is 32.5 Å². The van der Waals surface area contributed by atoms with Gasteiger partial charge in [-0.3, -0.25) is 9.69 Å². The number of oxime groups is 1. The van der Waals surface area contributed by atoms with Gasteiger partial charge in [-0.1, -0.05) is 72.7 Å². The highest BCUT2D eigenvalue weighted by atomic mass is 16.7. The number of nitrogens with one attached hydrogen (secondary N) is 1. The van der Waals surface area contributed by atoms with Crippen LogP contribution in [0.2, 0.25) is 0 Å². The zero-order valence-electron chi connectivity index (χ0n) is 17.0. The van der Waals surface area contributed by atoms with Crippen molar-refractivity contribution in [3.05, 3.63) is 71.8 Å². The predicted octanol–water partition coefficient (Wildman–Crippen LogP) is 3.37. The van der Waals surface area contributed by atoms with E-state index in [0.29, 0.717) is 18.7 Å². The van der Waals surface area contributed by atoms with E-state index in [1.165, 1.54) is 11.1 Å². The Bertz CT molecular complexity index is 853. The summed E-state index contributed by atoms with van der Waals surface area (Å²) in [5.41, 5.74) is 2.77.